The summed E-state index contributed by atoms with van der Waals surface area (Å²) in [6.07, 6.45) is 3.10. The molecule has 1 aliphatic rings. The van der Waals surface area contributed by atoms with Gasteiger partial charge in [-0.2, -0.15) is 5.26 Å². The molecule has 3 rings (SSSR count). The Hall–Kier alpha value is -2.20. The fourth-order valence-corrected chi connectivity index (χ4v) is 3.72. The maximum Gasteiger partial charge on any atom is 0.272 e. The van der Waals surface area contributed by atoms with Crippen molar-refractivity contribution < 1.29 is 4.39 Å². The van der Waals surface area contributed by atoms with E-state index < -0.39 is 12.1 Å². The Balaban J connectivity index is 2.10. The molecule has 130 valence electrons. The molecule has 0 saturated carbocycles. The van der Waals surface area contributed by atoms with Crippen molar-refractivity contribution >= 4 is 11.8 Å². The highest BCUT2D eigenvalue weighted by atomic mass is 32.2. The van der Waals surface area contributed by atoms with E-state index in [0.717, 1.165) is 12.2 Å². The van der Waals surface area contributed by atoms with Crippen molar-refractivity contribution in [3.05, 3.63) is 39.9 Å². The van der Waals surface area contributed by atoms with E-state index in [9.17, 15) is 14.4 Å². The minimum absolute atomic E-state index is 0.0320. The molecule has 25 heavy (non-hydrogen) atoms. The van der Waals surface area contributed by atoms with Crippen molar-refractivity contribution in [2.45, 2.75) is 43.8 Å². The molecule has 3 heterocycles. The van der Waals surface area contributed by atoms with Crippen molar-refractivity contribution in [2.24, 2.45) is 0 Å². The van der Waals surface area contributed by atoms with Gasteiger partial charge in [-0.3, -0.25) is 18.7 Å². The molecule has 5 nitrogen and oxygen atoms in total. The minimum atomic E-state index is -0.630. The molecule has 1 unspecified atom stereocenters. The Kier molecular flexibility index (Phi) is 4.91. The standard InChI is InChI=1S/C18H19FN4OS/c1-3-18(2,11-19)14-6-5-12(10-21-14)15-13(9-20)16(24)23-7-4-8-25-17(23)22-15/h5-6,10H,3-4,7-8,11H2,1-2H3. The molecule has 0 spiro atoms. The molecule has 0 radical (unpaired) electrons. The molecule has 0 fully saturated rings. The SMILES string of the molecule is CCC(C)(CF)c1ccc(-c2nc3n(c(=O)c2C#N)CCCS3)cn1. The van der Waals surface area contributed by atoms with Crippen LogP contribution in [-0.4, -0.2) is 27.0 Å². The van der Waals surface area contributed by atoms with Gasteiger partial charge >= 0.3 is 0 Å². The summed E-state index contributed by atoms with van der Waals surface area (Å²) in [5, 5.41) is 10.1. The lowest BCUT2D eigenvalue weighted by atomic mass is 9.85. The number of thioether (sulfide) groups is 1. The second-order valence-electron chi connectivity index (χ2n) is 6.37. The van der Waals surface area contributed by atoms with Crippen LogP contribution in [0.1, 0.15) is 37.9 Å². The van der Waals surface area contributed by atoms with Gasteiger partial charge in [0.1, 0.15) is 18.3 Å². The van der Waals surface area contributed by atoms with Crippen LogP contribution in [0.15, 0.2) is 28.3 Å². The number of halogens is 1. The predicted molar refractivity (Wildman–Crippen MR) is 95.4 cm³/mol. The van der Waals surface area contributed by atoms with Crippen LogP contribution in [0, 0.1) is 11.3 Å². The predicted octanol–water partition coefficient (Wildman–Crippen LogP) is 3.31. The highest BCUT2D eigenvalue weighted by molar-refractivity contribution is 7.99. The first kappa shape index (κ1) is 17.6. The van der Waals surface area contributed by atoms with E-state index in [0.29, 0.717) is 35.1 Å². The summed E-state index contributed by atoms with van der Waals surface area (Å²) >= 11 is 1.52. The Morgan fingerprint density at radius 2 is 2.28 bits per heavy atom. The van der Waals surface area contributed by atoms with E-state index in [1.807, 2.05) is 19.9 Å². The molecule has 0 aliphatic carbocycles. The van der Waals surface area contributed by atoms with Crippen molar-refractivity contribution in [3.8, 4) is 17.3 Å². The molecule has 1 aliphatic heterocycles. The van der Waals surface area contributed by atoms with Crippen molar-refractivity contribution in [1.29, 1.82) is 5.26 Å². The molecule has 0 N–H and O–H groups in total. The Bertz CT molecular complexity index is 882. The first-order valence-electron chi connectivity index (χ1n) is 8.24. The average molecular weight is 358 g/mol. The lowest BCUT2D eigenvalue weighted by Crippen LogP contribution is -2.29. The summed E-state index contributed by atoms with van der Waals surface area (Å²) in [6.45, 7) is 3.85. The van der Waals surface area contributed by atoms with Crippen LogP contribution in [0.3, 0.4) is 0 Å². The van der Waals surface area contributed by atoms with Crippen LogP contribution in [0.25, 0.3) is 11.3 Å². The molecule has 1 atom stereocenters. The molecule has 0 amide bonds. The summed E-state index contributed by atoms with van der Waals surface area (Å²) < 4.78 is 14.9. The van der Waals surface area contributed by atoms with Gasteiger partial charge in [0, 0.05) is 35.2 Å². The molecule has 0 aromatic carbocycles. The summed E-state index contributed by atoms with van der Waals surface area (Å²) in [4.78, 5) is 21.5. The topological polar surface area (TPSA) is 71.6 Å². The Morgan fingerprint density at radius 3 is 2.88 bits per heavy atom. The molecule has 2 aromatic heterocycles. The van der Waals surface area contributed by atoms with E-state index >= 15 is 0 Å². The van der Waals surface area contributed by atoms with Crippen molar-refractivity contribution in [1.82, 2.24) is 14.5 Å². The van der Waals surface area contributed by atoms with Gasteiger partial charge in [-0.05, 0) is 25.0 Å². The zero-order valence-electron chi connectivity index (χ0n) is 14.3. The van der Waals surface area contributed by atoms with Crippen molar-refractivity contribution in [3.63, 3.8) is 0 Å². The third-order valence-electron chi connectivity index (χ3n) is 4.73. The van der Waals surface area contributed by atoms with Gasteiger partial charge in [-0.1, -0.05) is 25.6 Å². The number of aromatic nitrogens is 3. The largest absolute Gasteiger partial charge is 0.286 e. The molecule has 0 bridgehead atoms. The number of pyridine rings is 1. The maximum atomic E-state index is 13.4. The first-order valence-corrected chi connectivity index (χ1v) is 9.23. The lowest BCUT2D eigenvalue weighted by molar-refractivity contribution is 0.312. The van der Waals surface area contributed by atoms with Crippen LogP contribution in [0.5, 0.6) is 0 Å². The van der Waals surface area contributed by atoms with E-state index in [1.165, 1.54) is 11.8 Å². The second kappa shape index (κ2) is 6.96. The Morgan fingerprint density at radius 1 is 1.48 bits per heavy atom. The van der Waals surface area contributed by atoms with Gasteiger partial charge in [0.2, 0.25) is 0 Å². The number of alkyl halides is 1. The number of fused-ring (bicyclic) bond motifs is 1. The van der Waals surface area contributed by atoms with E-state index in [-0.39, 0.29) is 11.1 Å². The van der Waals surface area contributed by atoms with Crippen molar-refractivity contribution in [2.75, 3.05) is 12.4 Å². The highest BCUT2D eigenvalue weighted by Gasteiger charge is 2.27. The van der Waals surface area contributed by atoms with Gasteiger partial charge in [0.25, 0.3) is 5.56 Å². The number of hydrogen-bond acceptors (Lipinski definition) is 5. The Labute approximate surface area is 149 Å². The molecular weight excluding hydrogens is 339 g/mol. The monoisotopic (exact) mass is 358 g/mol. The molecule has 7 heteroatoms. The third-order valence-corrected chi connectivity index (χ3v) is 5.80. The van der Waals surface area contributed by atoms with Crippen LogP contribution in [0.2, 0.25) is 0 Å². The molecular formula is C18H19FN4OS. The van der Waals surface area contributed by atoms with E-state index in [4.69, 9.17) is 0 Å². The van der Waals surface area contributed by atoms with Gasteiger partial charge in [-0.25, -0.2) is 4.98 Å². The first-order chi connectivity index (χ1) is 12.0. The number of nitriles is 1. The molecule has 2 aromatic rings. The summed E-state index contributed by atoms with van der Waals surface area (Å²) in [6, 6.07) is 5.51. The second-order valence-corrected chi connectivity index (χ2v) is 7.43. The number of rotatable bonds is 4. The quantitative estimate of drug-likeness (QED) is 0.784. The zero-order valence-corrected chi connectivity index (χ0v) is 15.1. The van der Waals surface area contributed by atoms with E-state index in [1.54, 1.807) is 22.9 Å². The fraction of sp³-hybridized carbons (Fsp3) is 0.444. The van der Waals surface area contributed by atoms with Gasteiger partial charge in [0.15, 0.2) is 5.16 Å². The zero-order chi connectivity index (χ0) is 18.0. The highest BCUT2D eigenvalue weighted by Crippen LogP contribution is 2.29. The summed E-state index contributed by atoms with van der Waals surface area (Å²) in [7, 11) is 0. The maximum absolute atomic E-state index is 13.4. The number of hydrogen-bond donors (Lipinski definition) is 0. The third kappa shape index (κ3) is 3.07. The molecule has 0 saturated heterocycles. The van der Waals surface area contributed by atoms with Crippen LogP contribution >= 0.6 is 11.8 Å². The van der Waals surface area contributed by atoms with Gasteiger partial charge in [0.05, 0.1) is 5.69 Å². The minimum Gasteiger partial charge on any atom is -0.286 e. The fourth-order valence-electron chi connectivity index (χ4n) is 2.77. The smallest absolute Gasteiger partial charge is 0.272 e. The summed E-state index contributed by atoms with van der Waals surface area (Å²) in [5.41, 5.74) is 0.708. The van der Waals surface area contributed by atoms with Crippen LogP contribution < -0.4 is 5.56 Å². The lowest BCUT2D eigenvalue weighted by Gasteiger charge is -2.24. The van der Waals surface area contributed by atoms with E-state index in [2.05, 4.69) is 9.97 Å². The van der Waals surface area contributed by atoms with Crippen LogP contribution in [0.4, 0.5) is 4.39 Å². The average Bonchev–Trinajstić information content (AvgIpc) is 2.67. The summed E-state index contributed by atoms with van der Waals surface area (Å²) in [5.74, 6) is 0.903. The van der Waals surface area contributed by atoms with Gasteiger partial charge in [-0.15, -0.1) is 0 Å². The normalized spacial score (nSPS) is 15.9. The van der Waals surface area contributed by atoms with Crippen LogP contribution in [-0.2, 0) is 12.0 Å². The number of nitrogens with zero attached hydrogens (tertiary/aromatic N) is 4. The van der Waals surface area contributed by atoms with Gasteiger partial charge < -0.3 is 0 Å².